The minimum absolute atomic E-state index is 0.00905. The molecule has 24 heavy (non-hydrogen) atoms. The Balaban J connectivity index is 1.67. The van der Waals surface area contributed by atoms with Gasteiger partial charge in [0, 0.05) is 5.56 Å². The number of halogens is 1. The van der Waals surface area contributed by atoms with E-state index in [-0.39, 0.29) is 12.3 Å². The number of carbonyl (C=O) groups excluding carboxylic acids is 1. The van der Waals surface area contributed by atoms with E-state index in [1.165, 1.54) is 0 Å². The minimum atomic E-state index is -0.273. The third-order valence-corrected chi connectivity index (χ3v) is 3.60. The summed E-state index contributed by atoms with van der Waals surface area (Å²) >= 11 is 6.01. The lowest BCUT2D eigenvalue weighted by molar-refractivity contribution is -0.115. The Labute approximate surface area is 143 Å². The normalized spacial score (nSPS) is 10.4. The summed E-state index contributed by atoms with van der Waals surface area (Å²) in [5.41, 5.74) is 1.30. The standard InChI is InChI=1S/C17H14ClN3O3/c1-23-12-8-6-11(7-9-12)17-20-15(21-24-17)10-16(22)19-14-5-3-2-4-13(14)18/h2-9H,10H2,1H3,(H,19,22). The van der Waals surface area contributed by atoms with Gasteiger partial charge < -0.3 is 14.6 Å². The van der Waals surface area contributed by atoms with Crippen molar-refractivity contribution < 1.29 is 14.1 Å². The summed E-state index contributed by atoms with van der Waals surface area (Å²) in [7, 11) is 1.59. The highest BCUT2D eigenvalue weighted by atomic mass is 35.5. The molecule has 0 aliphatic carbocycles. The number of anilines is 1. The van der Waals surface area contributed by atoms with E-state index in [1.54, 1.807) is 55.6 Å². The molecule has 0 atom stereocenters. The molecule has 0 aliphatic rings. The van der Waals surface area contributed by atoms with Gasteiger partial charge in [-0.25, -0.2) is 0 Å². The molecule has 1 amide bonds. The van der Waals surface area contributed by atoms with Gasteiger partial charge in [-0.15, -0.1) is 0 Å². The van der Waals surface area contributed by atoms with Gasteiger partial charge in [0.25, 0.3) is 5.89 Å². The van der Waals surface area contributed by atoms with Crippen LogP contribution in [0.25, 0.3) is 11.5 Å². The lowest BCUT2D eigenvalue weighted by atomic mass is 10.2. The van der Waals surface area contributed by atoms with Crippen LogP contribution in [0.15, 0.2) is 53.1 Å². The van der Waals surface area contributed by atoms with Crippen LogP contribution in [0.1, 0.15) is 5.82 Å². The highest BCUT2D eigenvalue weighted by molar-refractivity contribution is 6.33. The van der Waals surface area contributed by atoms with Crippen LogP contribution in [0, 0.1) is 0 Å². The van der Waals surface area contributed by atoms with Crippen LogP contribution < -0.4 is 10.1 Å². The number of rotatable bonds is 5. The maximum Gasteiger partial charge on any atom is 0.257 e. The molecule has 0 bridgehead atoms. The fraction of sp³-hybridized carbons (Fsp3) is 0.118. The number of ether oxygens (including phenoxy) is 1. The molecular weight excluding hydrogens is 330 g/mol. The molecule has 1 aromatic heterocycles. The molecule has 6 nitrogen and oxygen atoms in total. The number of nitrogens with zero attached hydrogens (tertiary/aromatic N) is 2. The van der Waals surface area contributed by atoms with E-state index in [9.17, 15) is 4.79 Å². The van der Waals surface area contributed by atoms with E-state index in [2.05, 4.69) is 15.5 Å². The molecule has 0 radical (unpaired) electrons. The van der Waals surface area contributed by atoms with Gasteiger partial charge in [0.15, 0.2) is 5.82 Å². The van der Waals surface area contributed by atoms with Gasteiger partial charge in [-0.1, -0.05) is 28.9 Å². The molecule has 0 spiro atoms. The number of amides is 1. The number of nitrogens with one attached hydrogen (secondary N) is 1. The van der Waals surface area contributed by atoms with Crippen molar-refractivity contribution in [2.24, 2.45) is 0 Å². The Bertz CT molecular complexity index is 846. The monoisotopic (exact) mass is 343 g/mol. The molecule has 1 heterocycles. The molecule has 0 saturated heterocycles. The second-order valence-electron chi connectivity index (χ2n) is 4.95. The van der Waals surface area contributed by atoms with Crippen LogP contribution in [-0.4, -0.2) is 23.2 Å². The molecule has 0 unspecified atom stereocenters. The molecule has 3 aromatic rings. The Morgan fingerprint density at radius 1 is 1.21 bits per heavy atom. The largest absolute Gasteiger partial charge is 0.497 e. The van der Waals surface area contributed by atoms with E-state index in [4.69, 9.17) is 20.9 Å². The Morgan fingerprint density at radius 2 is 1.96 bits per heavy atom. The van der Waals surface area contributed by atoms with E-state index in [1.807, 2.05) is 0 Å². The number of benzene rings is 2. The Hall–Kier alpha value is -2.86. The molecule has 0 fully saturated rings. The average molecular weight is 344 g/mol. The van der Waals surface area contributed by atoms with Crippen LogP contribution in [0.3, 0.4) is 0 Å². The predicted molar refractivity (Wildman–Crippen MR) is 90.1 cm³/mol. The predicted octanol–water partition coefficient (Wildman–Crippen LogP) is 3.58. The van der Waals surface area contributed by atoms with Gasteiger partial charge in [0.1, 0.15) is 5.75 Å². The van der Waals surface area contributed by atoms with Gasteiger partial charge in [-0.2, -0.15) is 4.98 Å². The second kappa shape index (κ2) is 7.14. The zero-order chi connectivity index (χ0) is 16.9. The summed E-state index contributed by atoms with van der Waals surface area (Å²) in [6.45, 7) is 0. The van der Waals surface area contributed by atoms with Crippen molar-refractivity contribution in [2.45, 2.75) is 6.42 Å². The number of para-hydroxylation sites is 1. The lowest BCUT2D eigenvalue weighted by Gasteiger charge is -2.04. The molecular formula is C17H14ClN3O3. The molecule has 0 saturated carbocycles. The summed E-state index contributed by atoms with van der Waals surface area (Å²) in [5.74, 6) is 1.10. The third kappa shape index (κ3) is 3.72. The number of carbonyl (C=O) groups is 1. The zero-order valence-corrected chi connectivity index (χ0v) is 13.6. The van der Waals surface area contributed by atoms with E-state index in [0.29, 0.717) is 22.4 Å². The van der Waals surface area contributed by atoms with Crippen molar-refractivity contribution in [2.75, 3.05) is 12.4 Å². The van der Waals surface area contributed by atoms with Gasteiger partial charge in [0.2, 0.25) is 5.91 Å². The van der Waals surface area contributed by atoms with Crippen molar-refractivity contribution in [1.29, 1.82) is 0 Å². The van der Waals surface area contributed by atoms with Crippen LogP contribution in [0.5, 0.6) is 5.75 Å². The van der Waals surface area contributed by atoms with Crippen molar-refractivity contribution in [3.8, 4) is 17.2 Å². The van der Waals surface area contributed by atoms with Crippen molar-refractivity contribution >= 4 is 23.2 Å². The van der Waals surface area contributed by atoms with Crippen molar-refractivity contribution in [3.05, 3.63) is 59.4 Å². The fourth-order valence-corrected chi connectivity index (χ4v) is 2.26. The third-order valence-electron chi connectivity index (χ3n) is 3.27. The fourth-order valence-electron chi connectivity index (χ4n) is 2.08. The zero-order valence-electron chi connectivity index (χ0n) is 12.8. The van der Waals surface area contributed by atoms with Gasteiger partial charge in [-0.05, 0) is 36.4 Å². The quantitative estimate of drug-likeness (QED) is 0.766. The first kappa shape index (κ1) is 16.0. The highest BCUT2D eigenvalue weighted by Gasteiger charge is 2.13. The van der Waals surface area contributed by atoms with Crippen molar-refractivity contribution in [3.63, 3.8) is 0 Å². The Morgan fingerprint density at radius 3 is 2.67 bits per heavy atom. The smallest absolute Gasteiger partial charge is 0.257 e. The molecule has 2 aromatic carbocycles. The van der Waals surface area contributed by atoms with Gasteiger partial charge in [0.05, 0.1) is 24.2 Å². The van der Waals surface area contributed by atoms with Gasteiger partial charge >= 0.3 is 0 Å². The average Bonchev–Trinajstić information content (AvgIpc) is 3.05. The minimum Gasteiger partial charge on any atom is -0.497 e. The number of hydrogen-bond acceptors (Lipinski definition) is 5. The topological polar surface area (TPSA) is 77.2 Å². The molecule has 122 valence electrons. The summed E-state index contributed by atoms with van der Waals surface area (Å²) < 4.78 is 10.3. The maximum atomic E-state index is 12.1. The first-order chi connectivity index (χ1) is 11.7. The summed E-state index contributed by atoms with van der Waals surface area (Å²) in [5, 5.41) is 7.01. The van der Waals surface area contributed by atoms with Crippen LogP contribution in [0.4, 0.5) is 5.69 Å². The number of methoxy groups -OCH3 is 1. The summed E-state index contributed by atoms with van der Waals surface area (Å²) in [6.07, 6.45) is -0.00905. The van der Waals surface area contributed by atoms with Crippen LogP contribution in [0.2, 0.25) is 5.02 Å². The maximum absolute atomic E-state index is 12.1. The summed E-state index contributed by atoms with van der Waals surface area (Å²) in [4.78, 5) is 16.3. The van der Waals surface area contributed by atoms with E-state index < -0.39 is 0 Å². The van der Waals surface area contributed by atoms with Crippen molar-refractivity contribution in [1.82, 2.24) is 10.1 Å². The molecule has 0 aliphatic heterocycles. The Kier molecular flexibility index (Phi) is 4.77. The van der Waals surface area contributed by atoms with E-state index in [0.717, 1.165) is 11.3 Å². The highest BCUT2D eigenvalue weighted by Crippen LogP contribution is 2.22. The first-order valence-electron chi connectivity index (χ1n) is 7.17. The number of hydrogen-bond donors (Lipinski definition) is 1. The molecule has 7 heteroatoms. The molecule has 1 N–H and O–H groups in total. The first-order valence-corrected chi connectivity index (χ1v) is 7.55. The SMILES string of the molecule is COc1ccc(-c2nc(CC(=O)Nc3ccccc3Cl)no2)cc1. The van der Waals surface area contributed by atoms with Crippen LogP contribution >= 0.6 is 11.6 Å². The number of aromatic nitrogens is 2. The summed E-state index contributed by atoms with van der Waals surface area (Å²) in [6, 6.07) is 14.2. The second-order valence-corrected chi connectivity index (χ2v) is 5.36. The van der Waals surface area contributed by atoms with E-state index >= 15 is 0 Å². The van der Waals surface area contributed by atoms with Crippen LogP contribution in [-0.2, 0) is 11.2 Å². The van der Waals surface area contributed by atoms with Gasteiger partial charge in [-0.3, -0.25) is 4.79 Å². The molecule has 3 rings (SSSR count). The lowest BCUT2D eigenvalue weighted by Crippen LogP contribution is -2.15.